The van der Waals surface area contributed by atoms with Gasteiger partial charge in [0, 0.05) is 5.92 Å². The molecule has 2 nitrogen and oxygen atoms in total. The molecule has 5 atom stereocenters. The average molecular weight is 226 g/mol. The first-order valence-electron chi connectivity index (χ1n) is 6.92. The lowest BCUT2D eigenvalue weighted by atomic mass is 9.77. The van der Waals surface area contributed by atoms with Crippen LogP contribution in [-0.2, 0) is 9.47 Å². The van der Waals surface area contributed by atoms with E-state index in [1.807, 2.05) is 0 Å². The van der Waals surface area contributed by atoms with Crippen LogP contribution in [0.5, 0.6) is 0 Å². The Morgan fingerprint density at radius 2 is 2.00 bits per heavy atom. The van der Waals surface area contributed by atoms with Crippen molar-refractivity contribution in [2.24, 2.45) is 17.8 Å². The molecule has 5 unspecified atom stereocenters. The maximum atomic E-state index is 6.25. The van der Waals surface area contributed by atoms with E-state index in [2.05, 4.69) is 27.7 Å². The van der Waals surface area contributed by atoms with Gasteiger partial charge in [0.2, 0.25) is 0 Å². The summed E-state index contributed by atoms with van der Waals surface area (Å²) in [5.74, 6) is 1.96. The SMILES string of the molecule is CCC(C)C1CCC2(C(C)CC)COC1O2. The van der Waals surface area contributed by atoms with E-state index in [1.54, 1.807) is 0 Å². The van der Waals surface area contributed by atoms with E-state index < -0.39 is 0 Å². The van der Waals surface area contributed by atoms with Crippen LogP contribution in [-0.4, -0.2) is 18.5 Å². The number of hydrogen-bond donors (Lipinski definition) is 0. The van der Waals surface area contributed by atoms with Gasteiger partial charge in [-0.15, -0.1) is 0 Å². The molecule has 0 radical (unpaired) electrons. The van der Waals surface area contributed by atoms with Crippen LogP contribution < -0.4 is 0 Å². The third-order valence-electron chi connectivity index (χ3n) is 4.98. The van der Waals surface area contributed by atoms with Crippen LogP contribution in [0.4, 0.5) is 0 Å². The van der Waals surface area contributed by atoms with Crippen molar-refractivity contribution >= 4 is 0 Å². The molecule has 2 heteroatoms. The predicted molar refractivity (Wildman–Crippen MR) is 65.2 cm³/mol. The summed E-state index contributed by atoms with van der Waals surface area (Å²) < 4.78 is 12.2. The average Bonchev–Trinajstić information content (AvgIpc) is 2.66. The Balaban J connectivity index is 2.04. The zero-order valence-electron chi connectivity index (χ0n) is 11.2. The van der Waals surface area contributed by atoms with E-state index in [9.17, 15) is 0 Å². The van der Waals surface area contributed by atoms with Crippen molar-refractivity contribution in [3.8, 4) is 0 Å². The van der Waals surface area contributed by atoms with E-state index in [-0.39, 0.29) is 11.9 Å². The lowest BCUT2D eigenvalue weighted by Gasteiger charge is -2.40. The minimum atomic E-state index is 0.0450. The summed E-state index contributed by atoms with van der Waals surface area (Å²) in [5, 5.41) is 0. The predicted octanol–water partition coefficient (Wildman–Crippen LogP) is 3.60. The van der Waals surface area contributed by atoms with Gasteiger partial charge >= 0.3 is 0 Å². The summed E-state index contributed by atoms with van der Waals surface area (Å²) >= 11 is 0. The second-order valence-electron chi connectivity index (χ2n) is 5.76. The van der Waals surface area contributed by atoms with Crippen LogP contribution in [0.3, 0.4) is 0 Å². The molecule has 2 fully saturated rings. The highest BCUT2D eigenvalue weighted by molar-refractivity contribution is 4.96. The van der Waals surface area contributed by atoms with Crippen molar-refractivity contribution < 1.29 is 9.47 Å². The summed E-state index contributed by atoms with van der Waals surface area (Å²) in [4.78, 5) is 0. The van der Waals surface area contributed by atoms with Crippen LogP contribution >= 0.6 is 0 Å². The molecule has 0 aliphatic carbocycles. The number of ether oxygens (including phenoxy) is 2. The molecule has 0 aromatic rings. The fourth-order valence-electron chi connectivity index (χ4n) is 3.14. The largest absolute Gasteiger partial charge is 0.349 e. The molecule has 2 bridgehead atoms. The Labute approximate surface area is 99.7 Å². The minimum absolute atomic E-state index is 0.0450. The molecule has 0 spiro atoms. The molecule has 0 saturated carbocycles. The van der Waals surface area contributed by atoms with Crippen LogP contribution in [0, 0.1) is 17.8 Å². The van der Waals surface area contributed by atoms with Gasteiger partial charge in [0.1, 0.15) is 0 Å². The maximum Gasteiger partial charge on any atom is 0.161 e. The third kappa shape index (κ3) is 1.91. The summed E-state index contributed by atoms with van der Waals surface area (Å²) in [5.41, 5.74) is 0.0450. The van der Waals surface area contributed by atoms with E-state index in [1.165, 1.54) is 25.7 Å². The zero-order chi connectivity index (χ0) is 11.8. The second-order valence-corrected chi connectivity index (χ2v) is 5.76. The Hall–Kier alpha value is -0.0800. The monoisotopic (exact) mass is 226 g/mol. The van der Waals surface area contributed by atoms with Gasteiger partial charge in [0.25, 0.3) is 0 Å². The summed E-state index contributed by atoms with van der Waals surface area (Å²) in [6, 6.07) is 0. The summed E-state index contributed by atoms with van der Waals surface area (Å²) in [6.45, 7) is 9.95. The molecular weight excluding hydrogens is 200 g/mol. The highest BCUT2D eigenvalue weighted by Crippen LogP contribution is 2.46. The molecule has 2 rings (SSSR count). The van der Waals surface area contributed by atoms with Gasteiger partial charge in [0.15, 0.2) is 6.29 Å². The standard InChI is InChI=1S/C14H26O2/c1-5-10(3)12-7-8-14(11(4)6-2)9-15-13(12)16-14/h10-13H,5-9H2,1-4H3. The molecule has 0 N–H and O–H groups in total. The first-order chi connectivity index (χ1) is 7.63. The molecule has 2 saturated heterocycles. The van der Waals surface area contributed by atoms with Crippen molar-refractivity contribution in [3.05, 3.63) is 0 Å². The van der Waals surface area contributed by atoms with Gasteiger partial charge in [-0.25, -0.2) is 0 Å². The van der Waals surface area contributed by atoms with Crippen LogP contribution in [0.15, 0.2) is 0 Å². The highest BCUT2D eigenvalue weighted by atomic mass is 16.7. The number of hydrogen-bond acceptors (Lipinski definition) is 2. The Kier molecular flexibility index (Phi) is 3.60. The molecule has 0 aromatic heterocycles. The van der Waals surface area contributed by atoms with Gasteiger partial charge in [0.05, 0.1) is 12.2 Å². The van der Waals surface area contributed by atoms with Crippen LogP contribution in [0.2, 0.25) is 0 Å². The topological polar surface area (TPSA) is 18.5 Å². The first-order valence-corrected chi connectivity index (χ1v) is 6.92. The molecule has 94 valence electrons. The summed E-state index contributed by atoms with van der Waals surface area (Å²) in [6.07, 6.45) is 4.96. The van der Waals surface area contributed by atoms with Crippen molar-refractivity contribution in [2.75, 3.05) is 6.61 Å². The molecule has 16 heavy (non-hydrogen) atoms. The molecule has 2 heterocycles. The van der Waals surface area contributed by atoms with Crippen molar-refractivity contribution in [2.45, 2.75) is 65.3 Å². The lowest BCUT2D eigenvalue weighted by Crippen LogP contribution is -2.45. The van der Waals surface area contributed by atoms with Gasteiger partial charge in [-0.1, -0.05) is 40.5 Å². The number of fused-ring (bicyclic) bond motifs is 2. The van der Waals surface area contributed by atoms with E-state index in [4.69, 9.17) is 9.47 Å². The van der Waals surface area contributed by atoms with Crippen molar-refractivity contribution in [3.63, 3.8) is 0 Å². The van der Waals surface area contributed by atoms with Crippen LogP contribution in [0.1, 0.15) is 53.4 Å². The van der Waals surface area contributed by atoms with Gasteiger partial charge in [-0.05, 0) is 24.7 Å². The fraction of sp³-hybridized carbons (Fsp3) is 1.00. The van der Waals surface area contributed by atoms with Crippen molar-refractivity contribution in [1.29, 1.82) is 0 Å². The number of rotatable bonds is 4. The molecule has 2 aliphatic rings. The smallest absolute Gasteiger partial charge is 0.161 e. The summed E-state index contributed by atoms with van der Waals surface area (Å²) in [7, 11) is 0. The molecule has 2 aliphatic heterocycles. The minimum Gasteiger partial charge on any atom is -0.349 e. The highest BCUT2D eigenvalue weighted by Gasteiger charge is 2.51. The Bertz CT molecular complexity index is 241. The second kappa shape index (κ2) is 4.66. The molecule has 0 amide bonds. The Morgan fingerprint density at radius 1 is 1.25 bits per heavy atom. The van der Waals surface area contributed by atoms with Gasteiger partial charge in [-0.3, -0.25) is 0 Å². The van der Waals surface area contributed by atoms with Crippen LogP contribution in [0.25, 0.3) is 0 Å². The fourth-order valence-corrected chi connectivity index (χ4v) is 3.14. The Morgan fingerprint density at radius 3 is 2.62 bits per heavy atom. The van der Waals surface area contributed by atoms with E-state index >= 15 is 0 Å². The van der Waals surface area contributed by atoms with Gasteiger partial charge in [-0.2, -0.15) is 0 Å². The quantitative estimate of drug-likeness (QED) is 0.729. The van der Waals surface area contributed by atoms with E-state index in [0.29, 0.717) is 11.8 Å². The third-order valence-corrected chi connectivity index (χ3v) is 4.98. The molecular formula is C14H26O2. The normalized spacial score (nSPS) is 42.0. The molecule has 0 aromatic carbocycles. The van der Waals surface area contributed by atoms with Gasteiger partial charge < -0.3 is 9.47 Å². The maximum absolute atomic E-state index is 6.25. The lowest BCUT2D eigenvalue weighted by molar-refractivity contribution is -0.177. The van der Waals surface area contributed by atoms with E-state index in [0.717, 1.165) is 12.5 Å². The first kappa shape index (κ1) is 12.4. The van der Waals surface area contributed by atoms with Crippen molar-refractivity contribution in [1.82, 2.24) is 0 Å². The zero-order valence-corrected chi connectivity index (χ0v) is 11.2.